The third-order valence-electron chi connectivity index (χ3n) is 3.40. The molecule has 0 spiro atoms. The Hall–Kier alpha value is -1.61. The summed E-state index contributed by atoms with van der Waals surface area (Å²) in [5.74, 6) is 0.563. The van der Waals surface area contributed by atoms with Crippen molar-refractivity contribution >= 4 is 11.6 Å². The van der Waals surface area contributed by atoms with Crippen molar-refractivity contribution in [2.45, 2.75) is 38.0 Å². The Morgan fingerprint density at radius 3 is 2.57 bits per heavy atom. The van der Waals surface area contributed by atoms with Gasteiger partial charge in [-0.25, -0.2) is 9.97 Å². The Labute approximate surface area is 131 Å². The van der Waals surface area contributed by atoms with Crippen LogP contribution in [0, 0.1) is 0 Å². The number of aromatic nitrogens is 2. The van der Waals surface area contributed by atoms with Gasteiger partial charge in [-0.1, -0.05) is 45.0 Å². The molecular formula is C17H21ClN2O. The molecular weight excluding hydrogens is 284 g/mol. The van der Waals surface area contributed by atoms with Crippen LogP contribution in [-0.2, 0) is 11.8 Å². The standard InChI is InChI=1S/C17H21ClN2O/c1-17(2,3)14-8-6-5-7-13(14)15(18)9-12-10-16(21-4)20-11-19-12/h5-8,10-11,15H,9H2,1-4H3. The first kappa shape index (κ1) is 15.8. The van der Waals surface area contributed by atoms with Crippen molar-refractivity contribution in [3.8, 4) is 5.88 Å². The van der Waals surface area contributed by atoms with E-state index in [9.17, 15) is 0 Å². The monoisotopic (exact) mass is 304 g/mol. The normalized spacial score (nSPS) is 13.0. The van der Waals surface area contributed by atoms with E-state index in [1.165, 1.54) is 11.9 Å². The van der Waals surface area contributed by atoms with Gasteiger partial charge in [0, 0.05) is 18.2 Å². The first-order valence-electron chi connectivity index (χ1n) is 7.00. The minimum atomic E-state index is -0.125. The quantitative estimate of drug-likeness (QED) is 0.790. The van der Waals surface area contributed by atoms with Gasteiger partial charge >= 0.3 is 0 Å². The summed E-state index contributed by atoms with van der Waals surface area (Å²) < 4.78 is 5.13. The maximum atomic E-state index is 6.65. The fraction of sp³-hybridized carbons (Fsp3) is 0.412. The van der Waals surface area contributed by atoms with Gasteiger partial charge in [0.1, 0.15) is 6.33 Å². The van der Waals surface area contributed by atoms with E-state index in [0.717, 1.165) is 11.3 Å². The SMILES string of the molecule is COc1cc(CC(Cl)c2ccccc2C(C)(C)C)ncn1. The summed E-state index contributed by atoms with van der Waals surface area (Å²) in [7, 11) is 1.60. The van der Waals surface area contributed by atoms with Crippen molar-refractivity contribution < 1.29 is 4.74 Å². The van der Waals surface area contributed by atoms with Crippen LogP contribution in [0.4, 0.5) is 0 Å². The van der Waals surface area contributed by atoms with Crippen molar-refractivity contribution in [2.24, 2.45) is 0 Å². The van der Waals surface area contributed by atoms with E-state index in [1.807, 2.05) is 12.1 Å². The zero-order valence-electron chi connectivity index (χ0n) is 12.9. The second-order valence-electron chi connectivity index (χ2n) is 6.06. The molecule has 112 valence electrons. The van der Waals surface area contributed by atoms with Crippen LogP contribution in [0.5, 0.6) is 5.88 Å². The van der Waals surface area contributed by atoms with Gasteiger partial charge in [0.05, 0.1) is 12.5 Å². The maximum absolute atomic E-state index is 6.65. The van der Waals surface area contributed by atoms with E-state index in [-0.39, 0.29) is 10.8 Å². The molecule has 0 radical (unpaired) electrons. The molecule has 0 amide bonds. The molecule has 4 heteroatoms. The van der Waals surface area contributed by atoms with Gasteiger partial charge in [-0.15, -0.1) is 11.6 Å². The summed E-state index contributed by atoms with van der Waals surface area (Å²) in [5, 5.41) is -0.125. The molecule has 0 saturated carbocycles. The van der Waals surface area contributed by atoms with E-state index in [2.05, 4.69) is 48.9 Å². The van der Waals surface area contributed by atoms with Crippen LogP contribution in [0.1, 0.15) is 43.0 Å². The molecule has 0 aliphatic carbocycles. The highest BCUT2D eigenvalue weighted by Crippen LogP contribution is 2.34. The summed E-state index contributed by atoms with van der Waals surface area (Å²) in [4.78, 5) is 8.29. The van der Waals surface area contributed by atoms with E-state index >= 15 is 0 Å². The zero-order valence-corrected chi connectivity index (χ0v) is 13.7. The molecule has 2 aromatic rings. The molecule has 1 atom stereocenters. The fourth-order valence-electron chi connectivity index (χ4n) is 2.35. The van der Waals surface area contributed by atoms with Gasteiger partial charge < -0.3 is 4.74 Å². The number of benzene rings is 1. The highest BCUT2D eigenvalue weighted by atomic mass is 35.5. The first-order chi connectivity index (χ1) is 9.91. The predicted molar refractivity (Wildman–Crippen MR) is 86.0 cm³/mol. The summed E-state index contributed by atoms with van der Waals surface area (Å²) in [6.45, 7) is 6.59. The number of alkyl halides is 1. The van der Waals surface area contributed by atoms with Gasteiger partial charge in [0.25, 0.3) is 0 Å². The van der Waals surface area contributed by atoms with Crippen LogP contribution in [0.15, 0.2) is 36.7 Å². The van der Waals surface area contributed by atoms with E-state index in [0.29, 0.717) is 12.3 Å². The van der Waals surface area contributed by atoms with E-state index < -0.39 is 0 Å². The van der Waals surface area contributed by atoms with Crippen molar-refractivity contribution in [3.63, 3.8) is 0 Å². The Morgan fingerprint density at radius 1 is 1.19 bits per heavy atom. The minimum Gasteiger partial charge on any atom is -0.481 e. The Balaban J connectivity index is 2.26. The number of hydrogen-bond donors (Lipinski definition) is 0. The third kappa shape index (κ3) is 3.94. The number of ether oxygens (including phenoxy) is 1. The van der Waals surface area contributed by atoms with E-state index in [1.54, 1.807) is 7.11 Å². The molecule has 1 aromatic carbocycles. The van der Waals surface area contributed by atoms with Crippen molar-refractivity contribution in [1.82, 2.24) is 9.97 Å². The van der Waals surface area contributed by atoms with E-state index in [4.69, 9.17) is 16.3 Å². The number of rotatable bonds is 4. The van der Waals surface area contributed by atoms with Crippen LogP contribution in [-0.4, -0.2) is 17.1 Å². The van der Waals surface area contributed by atoms with Crippen LogP contribution in [0.25, 0.3) is 0 Å². The molecule has 3 nitrogen and oxygen atoms in total. The second kappa shape index (κ2) is 6.44. The van der Waals surface area contributed by atoms with Crippen molar-refractivity contribution in [1.29, 1.82) is 0 Å². The van der Waals surface area contributed by atoms with Crippen LogP contribution in [0.3, 0.4) is 0 Å². The summed E-state index contributed by atoms with van der Waals surface area (Å²) in [5.41, 5.74) is 3.37. The summed E-state index contributed by atoms with van der Waals surface area (Å²) >= 11 is 6.65. The highest BCUT2D eigenvalue weighted by Gasteiger charge is 2.21. The van der Waals surface area contributed by atoms with Crippen molar-refractivity contribution in [2.75, 3.05) is 7.11 Å². The lowest BCUT2D eigenvalue weighted by Gasteiger charge is -2.25. The van der Waals surface area contributed by atoms with Gasteiger partial charge in [-0.3, -0.25) is 0 Å². The van der Waals surface area contributed by atoms with Crippen LogP contribution >= 0.6 is 11.6 Å². The lowest BCUT2D eigenvalue weighted by atomic mass is 9.82. The maximum Gasteiger partial charge on any atom is 0.216 e. The summed E-state index contributed by atoms with van der Waals surface area (Å²) in [6, 6.07) is 10.2. The largest absolute Gasteiger partial charge is 0.481 e. The Kier molecular flexibility index (Phi) is 4.84. The Morgan fingerprint density at radius 2 is 1.90 bits per heavy atom. The topological polar surface area (TPSA) is 35.0 Å². The fourth-order valence-corrected chi connectivity index (χ4v) is 2.70. The average Bonchev–Trinajstić information content (AvgIpc) is 2.46. The molecule has 0 bridgehead atoms. The molecule has 1 heterocycles. The number of halogens is 1. The van der Waals surface area contributed by atoms with Gasteiger partial charge in [-0.2, -0.15) is 0 Å². The van der Waals surface area contributed by atoms with Crippen molar-refractivity contribution in [3.05, 3.63) is 53.5 Å². The number of hydrogen-bond acceptors (Lipinski definition) is 3. The lowest BCUT2D eigenvalue weighted by Crippen LogP contribution is -2.15. The predicted octanol–water partition coefficient (Wildman–Crippen LogP) is 4.31. The molecule has 1 unspecified atom stereocenters. The number of nitrogens with zero attached hydrogens (tertiary/aromatic N) is 2. The molecule has 21 heavy (non-hydrogen) atoms. The van der Waals surface area contributed by atoms with Crippen LogP contribution in [0.2, 0.25) is 0 Å². The molecule has 0 saturated heterocycles. The summed E-state index contributed by atoms with van der Waals surface area (Å²) in [6.07, 6.45) is 2.15. The molecule has 0 N–H and O–H groups in total. The smallest absolute Gasteiger partial charge is 0.216 e. The van der Waals surface area contributed by atoms with Crippen LogP contribution < -0.4 is 4.74 Å². The van der Waals surface area contributed by atoms with Gasteiger partial charge in [-0.05, 0) is 16.5 Å². The van der Waals surface area contributed by atoms with Gasteiger partial charge in [0.2, 0.25) is 5.88 Å². The first-order valence-corrected chi connectivity index (χ1v) is 7.44. The average molecular weight is 305 g/mol. The lowest BCUT2D eigenvalue weighted by molar-refractivity contribution is 0.396. The van der Waals surface area contributed by atoms with Gasteiger partial charge in [0.15, 0.2) is 0 Å². The Bertz CT molecular complexity index is 608. The molecule has 1 aromatic heterocycles. The third-order valence-corrected chi connectivity index (χ3v) is 3.79. The second-order valence-corrected chi connectivity index (χ2v) is 6.59. The molecule has 0 fully saturated rings. The molecule has 2 rings (SSSR count). The number of methoxy groups -OCH3 is 1. The molecule has 0 aliphatic rings. The highest BCUT2D eigenvalue weighted by molar-refractivity contribution is 6.21. The minimum absolute atomic E-state index is 0.0626. The zero-order chi connectivity index (χ0) is 15.5. The molecule has 0 aliphatic heterocycles.